The number of hydrogen-bond donors (Lipinski definition) is 0. The number of sulfonamides is 1. The Balaban J connectivity index is 2.09. The highest BCUT2D eigenvalue weighted by Crippen LogP contribution is 2.30. The monoisotopic (exact) mass is 311 g/mol. The number of aromatic nitrogens is 2. The summed E-state index contributed by atoms with van der Waals surface area (Å²) in [5, 5.41) is 0. The van der Waals surface area contributed by atoms with Gasteiger partial charge in [-0.3, -0.25) is 0 Å². The lowest BCUT2D eigenvalue weighted by molar-refractivity contribution is 0.247. The largest absolute Gasteiger partial charge is 0.245 e. The Kier molecular flexibility index (Phi) is 3.74. The van der Waals surface area contributed by atoms with E-state index < -0.39 is 10.0 Å². The Labute approximate surface area is 123 Å². The predicted molar refractivity (Wildman–Crippen MR) is 79.2 cm³/mol. The first-order valence-corrected chi connectivity index (χ1v) is 9.04. The highest BCUT2D eigenvalue weighted by molar-refractivity contribution is 7.89. The first-order chi connectivity index (χ1) is 9.64. The van der Waals surface area contributed by atoms with Gasteiger partial charge in [0.25, 0.3) is 0 Å². The number of benzene rings is 1. The van der Waals surface area contributed by atoms with Crippen LogP contribution >= 0.6 is 11.7 Å². The van der Waals surface area contributed by atoms with Crippen molar-refractivity contribution in [2.45, 2.75) is 43.5 Å². The maximum Gasteiger partial charge on any atom is 0.245 e. The molecular formula is C13H17N3O2S2. The van der Waals surface area contributed by atoms with Gasteiger partial charge in [-0.15, -0.1) is 0 Å². The van der Waals surface area contributed by atoms with Crippen LogP contribution in [0, 0.1) is 0 Å². The van der Waals surface area contributed by atoms with Crippen LogP contribution in [0.15, 0.2) is 23.1 Å². The second-order valence-electron chi connectivity index (χ2n) is 5.06. The van der Waals surface area contributed by atoms with Crippen LogP contribution in [0.4, 0.5) is 0 Å². The van der Waals surface area contributed by atoms with E-state index >= 15 is 0 Å². The molecule has 0 bridgehead atoms. The summed E-state index contributed by atoms with van der Waals surface area (Å²) in [6.07, 6.45) is 3.83. The summed E-state index contributed by atoms with van der Waals surface area (Å²) >= 11 is 1.05. The van der Waals surface area contributed by atoms with Crippen molar-refractivity contribution in [3.05, 3.63) is 18.2 Å². The summed E-state index contributed by atoms with van der Waals surface area (Å²) < 4.78 is 35.8. The van der Waals surface area contributed by atoms with Crippen LogP contribution in [0.2, 0.25) is 0 Å². The number of hydrogen-bond acceptors (Lipinski definition) is 5. The topological polar surface area (TPSA) is 63.2 Å². The summed E-state index contributed by atoms with van der Waals surface area (Å²) in [7, 11) is -3.48. The van der Waals surface area contributed by atoms with Gasteiger partial charge in [0.1, 0.15) is 15.9 Å². The zero-order chi connectivity index (χ0) is 14.2. The van der Waals surface area contributed by atoms with Crippen LogP contribution in [0.5, 0.6) is 0 Å². The van der Waals surface area contributed by atoms with E-state index in [1.165, 1.54) is 0 Å². The molecule has 1 saturated heterocycles. The summed E-state index contributed by atoms with van der Waals surface area (Å²) in [5.74, 6) is 0. The molecule has 0 N–H and O–H groups in total. The summed E-state index contributed by atoms with van der Waals surface area (Å²) in [6, 6.07) is 5.28. The predicted octanol–water partition coefficient (Wildman–Crippen LogP) is 2.64. The van der Waals surface area contributed by atoms with Gasteiger partial charge >= 0.3 is 0 Å². The van der Waals surface area contributed by atoms with E-state index in [1.54, 1.807) is 22.5 Å². The number of fused-ring (bicyclic) bond motifs is 1. The lowest BCUT2D eigenvalue weighted by Gasteiger charge is -2.34. The summed E-state index contributed by atoms with van der Waals surface area (Å²) in [5.41, 5.74) is 1.15. The summed E-state index contributed by atoms with van der Waals surface area (Å²) in [6.45, 7) is 2.65. The van der Waals surface area contributed by atoms with E-state index in [4.69, 9.17) is 0 Å². The Bertz CT molecular complexity index is 711. The molecule has 1 atom stereocenters. The Hall–Kier alpha value is -1.05. The first kappa shape index (κ1) is 13.9. The van der Waals surface area contributed by atoms with Gasteiger partial charge in [0.2, 0.25) is 10.0 Å². The van der Waals surface area contributed by atoms with Crippen LogP contribution in [-0.4, -0.2) is 34.1 Å². The van der Waals surface area contributed by atoms with Gasteiger partial charge in [-0.2, -0.15) is 13.1 Å². The van der Waals surface area contributed by atoms with Gasteiger partial charge in [0.05, 0.1) is 11.7 Å². The molecule has 0 amide bonds. The normalized spacial score (nSPS) is 21.4. The maximum atomic E-state index is 12.9. The minimum Gasteiger partial charge on any atom is -0.207 e. The molecular weight excluding hydrogens is 294 g/mol. The molecule has 0 spiro atoms. The van der Waals surface area contributed by atoms with Crippen molar-refractivity contribution in [1.82, 2.24) is 13.1 Å². The zero-order valence-corrected chi connectivity index (χ0v) is 13.0. The van der Waals surface area contributed by atoms with Crippen molar-refractivity contribution >= 4 is 32.8 Å². The van der Waals surface area contributed by atoms with Crippen LogP contribution < -0.4 is 0 Å². The van der Waals surface area contributed by atoms with Crippen molar-refractivity contribution < 1.29 is 8.42 Å². The average molecular weight is 311 g/mol. The van der Waals surface area contributed by atoms with E-state index in [1.807, 2.05) is 6.92 Å². The van der Waals surface area contributed by atoms with E-state index in [-0.39, 0.29) is 6.04 Å². The van der Waals surface area contributed by atoms with Crippen molar-refractivity contribution in [2.75, 3.05) is 6.54 Å². The lowest BCUT2D eigenvalue weighted by atomic mass is 10.0. The maximum absolute atomic E-state index is 12.9. The lowest BCUT2D eigenvalue weighted by Crippen LogP contribution is -2.43. The van der Waals surface area contributed by atoms with E-state index in [0.29, 0.717) is 22.5 Å². The van der Waals surface area contributed by atoms with Gasteiger partial charge in [0, 0.05) is 12.6 Å². The fraction of sp³-hybridized carbons (Fsp3) is 0.538. The Morgan fingerprint density at radius 3 is 3.00 bits per heavy atom. The number of piperidine rings is 1. The molecule has 2 aromatic rings. The molecule has 20 heavy (non-hydrogen) atoms. The second-order valence-corrected chi connectivity index (χ2v) is 7.45. The van der Waals surface area contributed by atoms with Gasteiger partial charge in [-0.05, 0) is 31.4 Å². The minimum absolute atomic E-state index is 0.107. The second kappa shape index (κ2) is 5.38. The Morgan fingerprint density at radius 1 is 1.35 bits per heavy atom. The van der Waals surface area contributed by atoms with Crippen LogP contribution in [0.1, 0.15) is 32.6 Å². The summed E-state index contributed by atoms with van der Waals surface area (Å²) in [4.78, 5) is 0.295. The van der Waals surface area contributed by atoms with Crippen LogP contribution in [-0.2, 0) is 10.0 Å². The molecule has 3 rings (SSSR count). The van der Waals surface area contributed by atoms with Crippen molar-refractivity contribution in [3.63, 3.8) is 0 Å². The minimum atomic E-state index is -3.48. The molecule has 7 heteroatoms. The fourth-order valence-electron chi connectivity index (χ4n) is 2.81. The molecule has 108 valence electrons. The van der Waals surface area contributed by atoms with Gasteiger partial charge in [0.15, 0.2) is 0 Å². The molecule has 5 nitrogen and oxygen atoms in total. The molecule has 1 unspecified atom stereocenters. The molecule has 1 aromatic heterocycles. The van der Waals surface area contributed by atoms with Crippen LogP contribution in [0.25, 0.3) is 11.0 Å². The molecule has 1 aliphatic heterocycles. The highest BCUT2D eigenvalue weighted by Gasteiger charge is 2.34. The number of rotatable bonds is 3. The zero-order valence-electron chi connectivity index (χ0n) is 11.3. The van der Waals surface area contributed by atoms with Crippen molar-refractivity contribution in [2.24, 2.45) is 0 Å². The quantitative estimate of drug-likeness (QED) is 0.874. The molecule has 0 aliphatic carbocycles. The van der Waals surface area contributed by atoms with Gasteiger partial charge in [-0.1, -0.05) is 19.4 Å². The Morgan fingerprint density at radius 2 is 2.20 bits per heavy atom. The third-order valence-electron chi connectivity index (χ3n) is 3.88. The standard InChI is InChI=1S/C13H17N3O2S2/c1-2-10-6-3-4-9-16(10)20(17,18)12-8-5-7-11-13(12)15-19-14-11/h5,7-8,10H,2-4,6,9H2,1H3. The number of nitrogens with zero attached hydrogens (tertiary/aromatic N) is 3. The molecule has 2 heterocycles. The van der Waals surface area contributed by atoms with Crippen LogP contribution in [0.3, 0.4) is 0 Å². The van der Waals surface area contributed by atoms with Crippen molar-refractivity contribution in [3.8, 4) is 0 Å². The smallest absolute Gasteiger partial charge is 0.207 e. The molecule has 0 saturated carbocycles. The molecule has 1 fully saturated rings. The molecule has 0 radical (unpaired) electrons. The molecule has 1 aliphatic rings. The SMILES string of the molecule is CCC1CCCCN1S(=O)(=O)c1cccc2nsnc12. The van der Waals surface area contributed by atoms with E-state index in [0.717, 1.165) is 37.4 Å². The third kappa shape index (κ3) is 2.23. The fourth-order valence-corrected chi connectivity index (χ4v) is 5.34. The first-order valence-electron chi connectivity index (χ1n) is 6.87. The van der Waals surface area contributed by atoms with Crippen molar-refractivity contribution in [1.29, 1.82) is 0 Å². The highest BCUT2D eigenvalue weighted by atomic mass is 32.2. The van der Waals surface area contributed by atoms with Gasteiger partial charge < -0.3 is 0 Å². The average Bonchev–Trinajstić information content (AvgIpc) is 2.95. The van der Waals surface area contributed by atoms with Gasteiger partial charge in [-0.25, -0.2) is 8.42 Å². The van der Waals surface area contributed by atoms with E-state index in [2.05, 4.69) is 8.75 Å². The third-order valence-corrected chi connectivity index (χ3v) is 6.41. The molecule has 1 aromatic carbocycles. The van der Waals surface area contributed by atoms with E-state index in [9.17, 15) is 8.42 Å².